The molecule has 1 rings (SSSR count). The summed E-state index contributed by atoms with van der Waals surface area (Å²) >= 11 is 0. The molecule has 1 N–H and O–H groups in total. The Labute approximate surface area is 89.2 Å². The van der Waals surface area contributed by atoms with Crippen molar-refractivity contribution in [3.63, 3.8) is 0 Å². The van der Waals surface area contributed by atoms with Gasteiger partial charge in [0, 0.05) is 13.1 Å². The maximum atomic E-state index is 3.96. The standard InChI is InChI=1S/C10H20N2.C2H6/c1-8-5-4-6-9(2)10(8)12-7-11-3;1-2/h7-10H,4-6H2,1-3H3,(H,11,12);1-2H3. The van der Waals surface area contributed by atoms with Crippen molar-refractivity contribution >= 4 is 6.34 Å². The second-order valence-corrected chi connectivity index (χ2v) is 3.97. The van der Waals surface area contributed by atoms with Crippen LogP contribution in [0.5, 0.6) is 0 Å². The molecule has 0 amide bonds. The van der Waals surface area contributed by atoms with Crippen molar-refractivity contribution in [1.29, 1.82) is 0 Å². The lowest BCUT2D eigenvalue weighted by Crippen LogP contribution is -2.42. The van der Waals surface area contributed by atoms with Crippen LogP contribution in [0.4, 0.5) is 0 Å². The van der Waals surface area contributed by atoms with Crippen molar-refractivity contribution < 1.29 is 0 Å². The van der Waals surface area contributed by atoms with Crippen LogP contribution in [0, 0.1) is 11.8 Å². The van der Waals surface area contributed by atoms with Gasteiger partial charge in [-0.3, -0.25) is 4.99 Å². The summed E-state index contributed by atoms with van der Waals surface area (Å²) in [5.74, 6) is 1.60. The predicted molar refractivity (Wildman–Crippen MR) is 64.9 cm³/mol. The van der Waals surface area contributed by atoms with E-state index in [1.807, 2.05) is 27.2 Å². The molecule has 1 aliphatic carbocycles. The minimum atomic E-state index is 0.641. The van der Waals surface area contributed by atoms with Gasteiger partial charge in [-0.25, -0.2) is 0 Å². The molecule has 1 fully saturated rings. The first kappa shape index (κ1) is 13.5. The Morgan fingerprint density at radius 1 is 1.14 bits per heavy atom. The molecule has 0 aliphatic heterocycles. The van der Waals surface area contributed by atoms with Gasteiger partial charge in [-0.15, -0.1) is 0 Å². The van der Waals surface area contributed by atoms with Crippen LogP contribution in [0.1, 0.15) is 47.0 Å². The summed E-state index contributed by atoms with van der Waals surface area (Å²) in [6.45, 7) is 8.66. The fourth-order valence-corrected chi connectivity index (χ4v) is 2.17. The van der Waals surface area contributed by atoms with E-state index >= 15 is 0 Å². The molecule has 2 atom stereocenters. The Bertz CT molecular complexity index is 144. The monoisotopic (exact) mass is 198 g/mol. The SMILES string of the molecule is CC.CN=CNC1C(C)CCCC1C. The van der Waals surface area contributed by atoms with Gasteiger partial charge >= 0.3 is 0 Å². The lowest BCUT2D eigenvalue weighted by Gasteiger charge is -2.34. The van der Waals surface area contributed by atoms with Gasteiger partial charge in [-0.2, -0.15) is 0 Å². The van der Waals surface area contributed by atoms with Crippen LogP contribution in [0.25, 0.3) is 0 Å². The molecule has 2 heteroatoms. The zero-order valence-corrected chi connectivity index (χ0v) is 10.4. The number of hydrogen-bond acceptors (Lipinski definition) is 1. The zero-order chi connectivity index (χ0) is 11.0. The molecular weight excluding hydrogens is 172 g/mol. The first-order valence-corrected chi connectivity index (χ1v) is 5.92. The first-order valence-electron chi connectivity index (χ1n) is 5.92. The maximum absolute atomic E-state index is 3.96. The largest absolute Gasteiger partial charge is 0.373 e. The quantitative estimate of drug-likeness (QED) is 0.535. The van der Waals surface area contributed by atoms with Crippen molar-refractivity contribution in [3.05, 3.63) is 0 Å². The van der Waals surface area contributed by atoms with Crippen LogP contribution in [0.3, 0.4) is 0 Å². The normalized spacial score (nSPS) is 32.2. The second-order valence-electron chi connectivity index (χ2n) is 3.97. The number of nitrogens with zero attached hydrogens (tertiary/aromatic N) is 1. The number of nitrogens with one attached hydrogen (secondary N) is 1. The van der Waals surface area contributed by atoms with Gasteiger partial charge in [0.1, 0.15) is 0 Å². The minimum Gasteiger partial charge on any atom is -0.373 e. The van der Waals surface area contributed by atoms with Gasteiger partial charge in [0.15, 0.2) is 0 Å². The molecule has 0 radical (unpaired) electrons. The Morgan fingerprint density at radius 2 is 1.64 bits per heavy atom. The van der Waals surface area contributed by atoms with Crippen molar-refractivity contribution in [2.45, 2.75) is 53.0 Å². The van der Waals surface area contributed by atoms with E-state index in [0.29, 0.717) is 6.04 Å². The zero-order valence-electron chi connectivity index (χ0n) is 10.4. The smallest absolute Gasteiger partial charge is 0.0822 e. The third kappa shape index (κ3) is 4.12. The molecule has 0 spiro atoms. The minimum absolute atomic E-state index is 0.641. The summed E-state index contributed by atoms with van der Waals surface area (Å²) in [5.41, 5.74) is 0. The van der Waals surface area contributed by atoms with Crippen LogP contribution < -0.4 is 5.32 Å². The third-order valence-corrected chi connectivity index (χ3v) is 2.94. The summed E-state index contributed by atoms with van der Waals surface area (Å²) in [7, 11) is 1.81. The summed E-state index contributed by atoms with van der Waals surface area (Å²) in [4.78, 5) is 3.96. The molecule has 0 saturated heterocycles. The van der Waals surface area contributed by atoms with E-state index in [2.05, 4.69) is 24.2 Å². The Kier molecular flexibility index (Phi) is 7.54. The van der Waals surface area contributed by atoms with Gasteiger partial charge in [0.25, 0.3) is 0 Å². The molecule has 0 heterocycles. The Balaban J connectivity index is 0.000000791. The van der Waals surface area contributed by atoms with Crippen LogP contribution in [0.2, 0.25) is 0 Å². The van der Waals surface area contributed by atoms with Crippen molar-refractivity contribution in [2.24, 2.45) is 16.8 Å². The molecule has 2 nitrogen and oxygen atoms in total. The van der Waals surface area contributed by atoms with E-state index in [0.717, 1.165) is 11.8 Å². The lowest BCUT2D eigenvalue weighted by molar-refractivity contribution is 0.233. The fraction of sp³-hybridized carbons (Fsp3) is 0.917. The number of rotatable bonds is 2. The van der Waals surface area contributed by atoms with E-state index in [1.165, 1.54) is 19.3 Å². The second kappa shape index (κ2) is 7.84. The third-order valence-electron chi connectivity index (χ3n) is 2.94. The van der Waals surface area contributed by atoms with Crippen LogP contribution in [-0.2, 0) is 0 Å². The molecule has 0 aromatic heterocycles. The molecule has 14 heavy (non-hydrogen) atoms. The number of hydrogen-bond donors (Lipinski definition) is 1. The predicted octanol–water partition coefficient (Wildman–Crippen LogP) is 3.09. The van der Waals surface area contributed by atoms with Crippen molar-refractivity contribution in [1.82, 2.24) is 5.32 Å². The molecule has 2 unspecified atom stereocenters. The highest BCUT2D eigenvalue weighted by atomic mass is 15.0. The van der Waals surface area contributed by atoms with Gasteiger partial charge in [0.05, 0.1) is 6.34 Å². The highest BCUT2D eigenvalue weighted by molar-refractivity contribution is 5.54. The summed E-state index contributed by atoms with van der Waals surface area (Å²) in [6, 6.07) is 0.641. The molecule has 1 saturated carbocycles. The van der Waals surface area contributed by atoms with Crippen LogP contribution in [0.15, 0.2) is 4.99 Å². The highest BCUT2D eigenvalue weighted by Crippen LogP contribution is 2.28. The topological polar surface area (TPSA) is 24.4 Å². The number of aliphatic imine (C=N–C) groups is 1. The molecular formula is C12H26N2. The van der Waals surface area contributed by atoms with Crippen LogP contribution in [-0.4, -0.2) is 19.4 Å². The van der Waals surface area contributed by atoms with E-state index in [4.69, 9.17) is 0 Å². The van der Waals surface area contributed by atoms with E-state index in [-0.39, 0.29) is 0 Å². The molecule has 0 aromatic carbocycles. The molecule has 0 aromatic rings. The van der Waals surface area contributed by atoms with E-state index in [1.54, 1.807) is 0 Å². The fourth-order valence-electron chi connectivity index (χ4n) is 2.17. The summed E-state index contributed by atoms with van der Waals surface area (Å²) < 4.78 is 0. The molecule has 0 bridgehead atoms. The maximum Gasteiger partial charge on any atom is 0.0822 e. The average molecular weight is 198 g/mol. The molecule has 84 valence electrons. The van der Waals surface area contributed by atoms with Crippen molar-refractivity contribution in [3.8, 4) is 0 Å². The summed E-state index contributed by atoms with van der Waals surface area (Å²) in [6.07, 6.45) is 5.95. The van der Waals surface area contributed by atoms with Gasteiger partial charge in [-0.1, -0.05) is 34.1 Å². The van der Waals surface area contributed by atoms with Gasteiger partial charge in [-0.05, 0) is 24.7 Å². The van der Waals surface area contributed by atoms with Gasteiger partial charge in [0.2, 0.25) is 0 Å². The highest BCUT2D eigenvalue weighted by Gasteiger charge is 2.26. The summed E-state index contributed by atoms with van der Waals surface area (Å²) in [5, 5.41) is 3.38. The average Bonchev–Trinajstić information content (AvgIpc) is 2.20. The van der Waals surface area contributed by atoms with E-state index in [9.17, 15) is 0 Å². The Morgan fingerprint density at radius 3 is 2.07 bits per heavy atom. The lowest BCUT2D eigenvalue weighted by atomic mass is 9.79. The molecule has 1 aliphatic rings. The van der Waals surface area contributed by atoms with Crippen molar-refractivity contribution in [2.75, 3.05) is 7.05 Å². The van der Waals surface area contributed by atoms with Gasteiger partial charge < -0.3 is 5.32 Å². The van der Waals surface area contributed by atoms with Crippen LogP contribution >= 0.6 is 0 Å². The van der Waals surface area contributed by atoms with E-state index < -0.39 is 0 Å². The Hall–Kier alpha value is -0.530. The first-order chi connectivity index (χ1) is 6.75.